The van der Waals surface area contributed by atoms with Crippen LogP contribution in [0.25, 0.3) is 0 Å². The maximum Gasteiger partial charge on any atom is 0.387 e. The monoisotopic (exact) mass is 483 g/mol. The lowest BCUT2D eigenvalue weighted by Crippen LogP contribution is -2.52. The molecular formula is C20H23F2N5O3S2. The quantitative estimate of drug-likeness (QED) is 0.666. The van der Waals surface area contributed by atoms with Crippen molar-refractivity contribution in [2.24, 2.45) is 16.6 Å². The Morgan fingerprint density at radius 3 is 2.94 bits per heavy atom. The number of aliphatic imine (C=N–C) groups is 1. The minimum atomic E-state index is -2.96. The van der Waals surface area contributed by atoms with Gasteiger partial charge >= 0.3 is 6.61 Å². The highest BCUT2D eigenvalue weighted by Crippen LogP contribution is 2.49. The third-order valence-electron chi connectivity index (χ3n) is 5.45. The molecule has 2 aliphatic rings. The normalized spacial score (nSPS) is 24.6. The largest absolute Gasteiger partial charge is 0.433 e. The van der Waals surface area contributed by atoms with Gasteiger partial charge in [-0.15, -0.1) is 11.3 Å². The number of aromatic nitrogens is 2. The molecule has 0 spiro atoms. The molecule has 0 bridgehead atoms. The Bertz CT molecular complexity index is 1060. The molecule has 1 saturated heterocycles. The van der Waals surface area contributed by atoms with Gasteiger partial charge < -0.3 is 20.5 Å². The van der Waals surface area contributed by atoms with Crippen molar-refractivity contribution in [2.45, 2.75) is 44.9 Å². The van der Waals surface area contributed by atoms with Gasteiger partial charge in [0.1, 0.15) is 27.8 Å². The summed E-state index contributed by atoms with van der Waals surface area (Å²) in [5.41, 5.74) is 5.61. The van der Waals surface area contributed by atoms with Crippen molar-refractivity contribution in [3.63, 3.8) is 0 Å². The summed E-state index contributed by atoms with van der Waals surface area (Å²) in [6, 6.07) is 1.34. The molecule has 1 amide bonds. The van der Waals surface area contributed by atoms with Gasteiger partial charge in [-0.1, -0.05) is 11.8 Å². The fourth-order valence-corrected chi connectivity index (χ4v) is 5.88. The number of amidine groups is 1. The summed E-state index contributed by atoms with van der Waals surface area (Å²) in [6.45, 7) is 3.11. The maximum atomic E-state index is 12.7. The number of fused-ring (bicyclic) bond motifs is 1. The second-order valence-electron chi connectivity index (χ2n) is 8.34. The van der Waals surface area contributed by atoms with Crippen LogP contribution < -0.4 is 15.8 Å². The van der Waals surface area contributed by atoms with Crippen LogP contribution in [0.1, 0.15) is 41.3 Å². The van der Waals surface area contributed by atoms with Crippen LogP contribution in [-0.4, -0.2) is 45.6 Å². The predicted octanol–water partition coefficient (Wildman–Crippen LogP) is 3.77. The Kier molecular flexibility index (Phi) is 6.12. The van der Waals surface area contributed by atoms with Crippen molar-refractivity contribution in [3.8, 4) is 5.75 Å². The first kappa shape index (κ1) is 22.9. The van der Waals surface area contributed by atoms with Gasteiger partial charge in [-0.25, -0.2) is 15.0 Å². The Labute approximate surface area is 192 Å². The number of carbonyl (C=O) groups excluding carboxylic acids is 1. The average molecular weight is 484 g/mol. The zero-order valence-corrected chi connectivity index (χ0v) is 19.4. The van der Waals surface area contributed by atoms with Gasteiger partial charge in [-0.2, -0.15) is 8.78 Å². The predicted molar refractivity (Wildman–Crippen MR) is 120 cm³/mol. The fraction of sp³-hybridized carbons (Fsp3) is 0.500. The lowest BCUT2D eigenvalue weighted by molar-refractivity contribution is -0.109. The van der Waals surface area contributed by atoms with Crippen LogP contribution >= 0.6 is 23.1 Å². The summed E-state index contributed by atoms with van der Waals surface area (Å²) in [7, 11) is 0. The van der Waals surface area contributed by atoms with Crippen molar-refractivity contribution in [1.82, 2.24) is 9.97 Å². The highest BCUT2D eigenvalue weighted by atomic mass is 32.2. The molecule has 0 aliphatic carbocycles. The van der Waals surface area contributed by atoms with Crippen molar-refractivity contribution < 1.29 is 23.0 Å². The Balaban J connectivity index is 1.55. The number of hydrogen-bond donors (Lipinski definition) is 2. The topological polar surface area (TPSA) is 112 Å². The molecule has 0 radical (unpaired) electrons. The lowest BCUT2D eigenvalue weighted by atomic mass is 9.77. The van der Waals surface area contributed by atoms with Crippen molar-refractivity contribution in [2.75, 3.05) is 17.7 Å². The lowest BCUT2D eigenvalue weighted by Gasteiger charge is -2.47. The number of carbonyl (C=O) groups is 1. The van der Waals surface area contributed by atoms with E-state index in [1.807, 2.05) is 0 Å². The number of amides is 1. The molecule has 2 aromatic rings. The fourth-order valence-electron chi connectivity index (χ4n) is 3.92. The molecule has 0 aromatic carbocycles. The van der Waals surface area contributed by atoms with E-state index in [-0.39, 0.29) is 23.0 Å². The van der Waals surface area contributed by atoms with Crippen LogP contribution in [0, 0.1) is 12.8 Å². The highest BCUT2D eigenvalue weighted by molar-refractivity contribution is 8.13. The molecule has 3 N–H and O–H groups in total. The van der Waals surface area contributed by atoms with Gasteiger partial charge in [-0.3, -0.25) is 4.79 Å². The van der Waals surface area contributed by atoms with E-state index in [9.17, 15) is 13.6 Å². The molecule has 172 valence electrons. The first-order chi connectivity index (χ1) is 15.1. The van der Waals surface area contributed by atoms with Gasteiger partial charge in [0.2, 0.25) is 0 Å². The summed E-state index contributed by atoms with van der Waals surface area (Å²) in [5, 5.41) is 5.67. The number of nitrogens with two attached hydrogens (primary N) is 1. The second-order valence-corrected chi connectivity index (χ2v) is 10.2. The minimum Gasteiger partial charge on any atom is -0.433 e. The summed E-state index contributed by atoms with van der Waals surface area (Å²) >= 11 is 2.92. The summed E-state index contributed by atoms with van der Waals surface area (Å²) in [6.07, 6.45) is 1.90. The first-order valence-corrected chi connectivity index (χ1v) is 11.8. The van der Waals surface area contributed by atoms with Crippen LogP contribution in [0.15, 0.2) is 22.6 Å². The zero-order valence-electron chi connectivity index (χ0n) is 17.7. The molecule has 12 heteroatoms. The third-order valence-corrected chi connectivity index (χ3v) is 7.41. The average Bonchev–Trinajstić information content (AvgIpc) is 3.16. The van der Waals surface area contributed by atoms with E-state index >= 15 is 0 Å². The smallest absolute Gasteiger partial charge is 0.387 e. The number of thiazole rings is 1. The molecule has 32 heavy (non-hydrogen) atoms. The van der Waals surface area contributed by atoms with Gasteiger partial charge in [0.05, 0.1) is 18.4 Å². The summed E-state index contributed by atoms with van der Waals surface area (Å²) < 4.78 is 35.2. The first-order valence-electron chi connectivity index (χ1n) is 9.89. The van der Waals surface area contributed by atoms with Crippen LogP contribution in [0.2, 0.25) is 0 Å². The SMILES string of the molecule is Cc1cc(OC(F)F)cnc1C(=O)Nc1csc([C@@]23COC(C)(C)C[C@@H]2CSC(N)=N3)n1. The van der Waals surface area contributed by atoms with E-state index < -0.39 is 18.1 Å². The number of pyridine rings is 1. The van der Waals surface area contributed by atoms with E-state index in [0.717, 1.165) is 23.4 Å². The summed E-state index contributed by atoms with van der Waals surface area (Å²) in [4.78, 5) is 26.0. The molecule has 4 heterocycles. The van der Waals surface area contributed by atoms with E-state index in [1.165, 1.54) is 29.2 Å². The van der Waals surface area contributed by atoms with Gasteiger partial charge in [0.15, 0.2) is 5.17 Å². The van der Waals surface area contributed by atoms with Crippen molar-refractivity contribution in [1.29, 1.82) is 0 Å². The Hall–Kier alpha value is -2.31. The molecule has 4 rings (SSSR count). The maximum absolute atomic E-state index is 12.7. The number of halogens is 2. The number of anilines is 1. The number of ether oxygens (including phenoxy) is 2. The van der Waals surface area contributed by atoms with Gasteiger partial charge in [-0.05, 0) is 38.8 Å². The Morgan fingerprint density at radius 2 is 2.22 bits per heavy atom. The molecular weight excluding hydrogens is 460 g/mol. The van der Waals surface area contributed by atoms with Crippen LogP contribution in [0.5, 0.6) is 5.75 Å². The third kappa shape index (κ3) is 4.57. The number of hydrogen-bond acceptors (Lipinski definition) is 9. The zero-order chi connectivity index (χ0) is 23.1. The number of nitrogens with one attached hydrogen (secondary N) is 1. The Morgan fingerprint density at radius 1 is 1.44 bits per heavy atom. The number of aryl methyl sites for hydroxylation is 1. The molecule has 2 aromatic heterocycles. The minimum absolute atomic E-state index is 0.0938. The summed E-state index contributed by atoms with van der Waals surface area (Å²) in [5.74, 6) is 0.763. The number of nitrogens with zero attached hydrogens (tertiary/aromatic N) is 3. The number of rotatable bonds is 5. The molecule has 0 unspecified atom stereocenters. The molecule has 8 nitrogen and oxygen atoms in total. The number of thioether (sulfide) groups is 1. The van der Waals surface area contributed by atoms with E-state index in [0.29, 0.717) is 23.2 Å². The van der Waals surface area contributed by atoms with Gasteiger partial charge in [0, 0.05) is 17.1 Å². The van der Waals surface area contributed by atoms with E-state index in [1.54, 1.807) is 12.3 Å². The van der Waals surface area contributed by atoms with Crippen LogP contribution in [0.3, 0.4) is 0 Å². The highest BCUT2D eigenvalue weighted by Gasteiger charge is 2.52. The van der Waals surface area contributed by atoms with Gasteiger partial charge in [0.25, 0.3) is 5.91 Å². The van der Waals surface area contributed by atoms with Crippen molar-refractivity contribution >= 4 is 40.0 Å². The standard InChI is InChI=1S/C20H23F2N5O3S2/c1-10-4-12(30-17(21)22)6-24-14(10)15(28)25-13-8-31-16(26-13)20-9-29-19(2,3)5-11(20)7-32-18(23)27-20/h4,6,8,11,17H,5,7,9H2,1-3H3,(H2,23,27)(H,25,28)/t11-,20-/m1/s1. The molecule has 2 atom stereocenters. The van der Waals surface area contributed by atoms with Crippen LogP contribution in [0.4, 0.5) is 14.6 Å². The van der Waals surface area contributed by atoms with Crippen molar-refractivity contribution in [3.05, 3.63) is 33.9 Å². The van der Waals surface area contributed by atoms with E-state index in [4.69, 9.17) is 15.5 Å². The van der Waals surface area contributed by atoms with E-state index in [2.05, 4.69) is 33.9 Å². The second kappa shape index (κ2) is 8.56. The molecule has 2 aliphatic heterocycles. The molecule has 1 fully saturated rings. The number of alkyl halides is 2. The molecule has 0 saturated carbocycles. The van der Waals surface area contributed by atoms with Crippen LogP contribution in [-0.2, 0) is 10.3 Å².